The zero-order valence-electron chi connectivity index (χ0n) is 21.8. The fraction of sp³-hybridized carbons (Fsp3) is 0.520. The summed E-state index contributed by atoms with van der Waals surface area (Å²) in [5, 5.41) is 18.1. The molecule has 0 saturated heterocycles. The van der Waals surface area contributed by atoms with Crippen molar-refractivity contribution in [3.05, 3.63) is 47.8 Å². The average Bonchev–Trinajstić information content (AvgIpc) is 3.28. The normalized spacial score (nSPS) is 13.0. The van der Waals surface area contributed by atoms with Crippen LogP contribution < -0.4 is 14.2 Å². The second-order valence-corrected chi connectivity index (χ2v) is 9.80. The zero-order valence-corrected chi connectivity index (χ0v) is 22.6. The van der Waals surface area contributed by atoms with E-state index in [0.717, 1.165) is 17.8 Å². The smallest absolute Gasteiger partial charge is 0.239 e. The van der Waals surface area contributed by atoms with E-state index in [0.29, 0.717) is 41.8 Å². The number of aliphatic hydroxyl groups is 1. The highest BCUT2D eigenvalue weighted by molar-refractivity contribution is 8.01. The Morgan fingerprint density at radius 2 is 1.69 bits per heavy atom. The van der Waals surface area contributed by atoms with Crippen molar-refractivity contribution in [2.75, 3.05) is 25.5 Å². The number of aromatic nitrogens is 5. The Balaban J connectivity index is 1.92. The molecule has 11 heteroatoms. The van der Waals surface area contributed by atoms with Gasteiger partial charge in [0.05, 0.1) is 25.6 Å². The van der Waals surface area contributed by atoms with Crippen LogP contribution in [0.5, 0.6) is 11.5 Å². The highest BCUT2D eigenvalue weighted by atomic mass is 32.2. The number of nitrogens with zero attached hydrogens (tertiary/aromatic N) is 5. The molecular weight excluding hydrogens is 480 g/mol. The van der Waals surface area contributed by atoms with E-state index in [4.69, 9.17) is 14.2 Å². The van der Waals surface area contributed by atoms with E-state index in [1.54, 1.807) is 26.6 Å². The van der Waals surface area contributed by atoms with E-state index in [2.05, 4.69) is 31.8 Å². The van der Waals surface area contributed by atoms with Crippen LogP contribution in [0, 0.1) is 6.92 Å². The quantitative estimate of drug-likeness (QED) is 0.237. The van der Waals surface area contributed by atoms with Crippen molar-refractivity contribution in [2.45, 2.75) is 64.4 Å². The lowest BCUT2D eigenvalue weighted by atomic mass is 10.2. The second kappa shape index (κ2) is 13.4. The molecule has 0 aliphatic heterocycles. The van der Waals surface area contributed by atoms with Crippen LogP contribution in [-0.4, -0.2) is 62.0 Å². The monoisotopic (exact) mass is 516 g/mol. The van der Waals surface area contributed by atoms with Crippen molar-refractivity contribution in [1.29, 1.82) is 0 Å². The summed E-state index contributed by atoms with van der Waals surface area (Å²) < 4.78 is 22.8. The van der Waals surface area contributed by atoms with Crippen LogP contribution in [0.15, 0.2) is 30.6 Å². The largest absolute Gasteiger partial charge is 0.494 e. The van der Waals surface area contributed by atoms with Crippen molar-refractivity contribution >= 4 is 17.9 Å². The maximum absolute atomic E-state index is 9.25. The first-order valence-corrected chi connectivity index (χ1v) is 12.9. The minimum atomic E-state index is -0.329. The number of aryl methyl sites for hydroxylation is 2. The highest BCUT2D eigenvalue weighted by Crippen LogP contribution is 2.37. The fourth-order valence-electron chi connectivity index (χ4n) is 3.66. The van der Waals surface area contributed by atoms with Gasteiger partial charge in [-0.2, -0.15) is 0 Å². The first-order valence-electron chi connectivity index (χ1n) is 12.0. The van der Waals surface area contributed by atoms with Crippen molar-refractivity contribution < 1.29 is 19.3 Å². The third-order valence-electron chi connectivity index (χ3n) is 5.40. The first-order chi connectivity index (χ1) is 17.4. The molecule has 2 atom stereocenters. The average molecular weight is 517 g/mol. The SMILES string of the molecule is COc1cccc(OC)c1-n1c(CCCCO)nnc1NSC(C)[C@@H](OC(C)C)c1ncc(C)cn1. The molecule has 0 bridgehead atoms. The molecule has 3 aromatic rings. The summed E-state index contributed by atoms with van der Waals surface area (Å²) in [7, 11) is 3.24. The fourth-order valence-corrected chi connectivity index (χ4v) is 4.39. The molecule has 2 N–H and O–H groups in total. The minimum Gasteiger partial charge on any atom is -0.494 e. The molecule has 3 rings (SSSR count). The van der Waals surface area contributed by atoms with E-state index in [-0.39, 0.29) is 24.1 Å². The number of aliphatic hydroxyl groups excluding tert-OH is 1. The zero-order chi connectivity index (χ0) is 26.1. The lowest BCUT2D eigenvalue weighted by molar-refractivity contribution is 0.00284. The third-order valence-corrected chi connectivity index (χ3v) is 6.32. The van der Waals surface area contributed by atoms with E-state index in [1.807, 2.05) is 43.5 Å². The van der Waals surface area contributed by atoms with E-state index < -0.39 is 0 Å². The molecule has 0 aliphatic rings. The highest BCUT2D eigenvalue weighted by Gasteiger charge is 2.27. The molecule has 0 radical (unpaired) electrons. The van der Waals surface area contributed by atoms with Gasteiger partial charge in [-0.1, -0.05) is 6.07 Å². The molecular formula is C25H36N6O4S. The van der Waals surface area contributed by atoms with E-state index in [1.165, 1.54) is 11.9 Å². The Kier molecular flexibility index (Phi) is 10.3. The molecule has 0 spiro atoms. The second-order valence-electron chi connectivity index (χ2n) is 8.62. The summed E-state index contributed by atoms with van der Waals surface area (Å²) >= 11 is 1.46. The Bertz CT molecular complexity index is 1070. The summed E-state index contributed by atoms with van der Waals surface area (Å²) in [6.45, 7) is 8.13. The maximum Gasteiger partial charge on any atom is 0.239 e. The predicted octanol–water partition coefficient (Wildman–Crippen LogP) is 4.31. The van der Waals surface area contributed by atoms with Gasteiger partial charge in [0.2, 0.25) is 5.95 Å². The number of unbranched alkanes of at least 4 members (excludes halogenated alkanes) is 1. The van der Waals surface area contributed by atoms with Gasteiger partial charge in [-0.25, -0.2) is 9.97 Å². The van der Waals surface area contributed by atoms with Gasteiger partial charge in [0, 0.05) is 25.4 Å². The van der Waals surface area contributed by atoms with Gasteiger partial charge in [0.15, 0.2) is 5.82 Å². The standard InChI is InChI=1S/C25H36N6O4S/c1-16(2)35-23(24-26-14-17(3)15-27-24)18(4)36-30-25-29-28-21(12-7-8-13-32)31(25)22-19(33-5)10-9-11-20(22)34-6/h9-11,14-16,18,23,32H,7-8,12-13H2,1-6H3,(H,29,30)/t18?,23-/m1/s1. The number of hydrogen-bond donors (Lipinski definition) is 2. The van der Waals surface area contributed by atoms with Crippen LogP contribution >= 0.6 is 11.9 Å². The minimum absolute atomic E-state index is 0.00238. The summed E-state index contributed by atoms with van der Waals surface area (Å²) in [6, 6.07) is 5.61. The van der Waals surface area contributed by atoms with Gasteiger partial charge < -0.3 is 19.3 Å². The molecule has 0 amide bonds. The molecule has 2 aromatic heterocycles. The molecule has 0 aliphatic carbocycles. The maximum atomic E-state index is 9.25. The third kappa shape index (κ3) is 6.86. The molecule has 196 valence electrons. The summed E-state index contributed by atoms with van der Waals surface area (Å²) in [4.78, 5) is 9.00. The number of ether oxygens (including phenoxy) is 3. The molecule has 0 fully saturated rings. The van der Waals surface area contributed by atoms with Gasteiger partial charge in [-0.05, 0) is 70.2 Å². The van der Waals surface area contributed by atoms with Crippen LogP contribution in [0.2, 0.25) is 0 Å². The Labute approximate surface area is 216 Å². The van der Waals surface area contributed by atoms with Gasteiger partial charge >= 0.3 is 0 Å². The van der Waals surface area contributed by atoms with Crippen LogP contribution in [0.1, 0.15) is 56.9 Å². The topological polar surface area (TPSA) is 116 Å². The predicted molar refractivity (Wildman–Crippen MR) is 141 cm³/mol. The van der Waals surface area contributed by atoms with Gasteiger partial charge in [-0.3, -0.25) is 9.29 Å². The van der Waals surface area contributed by atoms with E-state index >= 15 is 0 Å². The van der Waals surface area contributed by atoms with Crippen LogP contribution in [0.25, 0.3) is 5.69 Å². The number of anilines is 1. The van der Waals surface area contributed by atoms with E-state index in [9.17, 15) is 5.11 Å². The van der Waals surface area contributed by atoms with Crippen LogP contribution in [0.4, 0.5) is 5.95 Å². The van der Waals surface area contributed by atoms with Crippen LogP contribution in [0.3, 0.4) is 0 Å². The number of para-hydroxylation sites is 1. The first kappa shape index (κ1) is 27.7. The molecule has 0 saturated carbocycles. The van der Waals surface area contributed by atoms with Crippen molar-refractivity contribution in [3.8, 4) is 17.2 Å². The number of methoxy groups -OCH3 is 2. The molecule has 1 unspecified atom stereocenters. The Morgan fingerprint density at radius 1 is 1.03 bits per heavy atom. The van der Waals surface area contributed by atoms with Crippen molar-refractivity contribution in [1.82, 2.24) is 24.7 Å². The Morgan fingerprint density at radius 3 is 2.28 bits per heavy atom. The summed E-state index contributed by atoms with van der Waals surface area (Å²) in [5.74, 6) is 3.16. The summed E-state index contributed by atoms with van der Waals surface area (Å²) in [6.07, 6.45) is 5.35. The molecule has 1 aromatic carbocycles. The van der Waals surface area contributed by atoms with Crippen LogP contribution in [-0.2, 0) is 11.2 Å². The Hall–Kier alpha value is -2.89. The summed E-state index contributed by atoms with van der Waals surface area (Å²) in [5.41, 5.74) is 1.70. The number of rotatable bonds is 14. The van der Waals surface area contributed by atoms with Gasteiger partial charge in [-0.15, -0.1) is 10.2 Å². The lowest BCUT2D eigenvalue weighted by Gasteiger charge is -2.25. The molecule has 2 heterocycles. The van der Waals surface area contributed by atoms with Crippen molar-refractivity contribution in [3.63, 3.8) is 0 Å². The van der Waals surface area contributed by atoms with Gasteiger partial charge in [0.1, 0.15) is 29.1 Å². The lowest BCUT2D eigenvalue weighted by Crippen LogP contribution is -2.23. The molecule has 36 heavy (non-hydrogen) atoms. The number of nitrogens with one attached hydrogen (secondary N) is 1. The molecule has 10 nitrogen and oxygen atoms in total. The number of hydrogen-bond acceptors (Lipinski definition) is 10. The van der Waals surface area contributed by atoms with Crippen molar-refractivity contribution in [2.24, 2.45) is 0 Å². The van der Waals surface area contributed by atoms with Gasteiger partial charge in [0.25, 0.3) is 0 Å². The number of benzene rings is 1.